The molecule has 1 aliphatic heterocycles. The summed E-state index contributed by atoms with van der Waals surface area (Å²) in [7, 11) is 0. The molecule has 0 unspecified atom stereocenters. The van der Waals surface area contributed by atoms with Crippen LogP contribution in [0.1, 0.15) is 32.6 Å². The Kier molecular flexibility index (Phi) is 7.61. The van der Waals surface area contributed by atoms with Crippen LogP contribution >= 0.6 is 0 Å². The number of Topliss-reactive ketones (excluding diaryl/α,β-unsaturated/α-hetero) is 1. The van der Waals surface area contributed by atoms with Gasteiger partial charge in [-0.15, -0.1) is 0 Å². The Morgan fingerprint density at radius 1 is 1.16 bits per heavy atom. The highest BCUT2D eigenvalue weighted by atomic mass is 19.3. The largest absolute Gasteiger partial charge is 0.487 e. The molecule has 1 aliphatic carbocycles. The smallest absolute Gasteiger partial charge is 0.272 e. The van der Waals surface area contributed by atoms with Crippen molar-refractivity contribution in [1.29, 1.82) is 0 Å². The number of carbonyl (C=O) groups excluding carboxylic acids is 1. The Labute approximate surface area is 243 Å². The maximum atomic E-state index is 14.0. The van der Waals surface area contributed by atoms with E-state index in [0.717, 1.165) is 23.3 Å². The summed E-state index contributed by atoms with van der Waals surface area (Å²) in [6.07, 6.45) is 2.79. The van der Waals surface area contributed by atoms with E-state index in [0.29, 0.717) is 54.2 Å². The number of aryl methyl sites for hydroxylation is 1. The van der Waals surface area contributed by atoms with Crippen molar-refractivity contribution >= 4 is 17.7 Å². The maximum absolute atomic E-state index is 14.0. The maximum Gasteiger partial charge on any atom is 0.272 e. The summed E-state index contributed by atoms with van der Waals surface area (Å²) in [5.41, 5.74) is 10.4. The molecular formula is C31H26F4N4O4. The third kappa shape index (κ3) is 5.70. The fraction of sp³-hybridized carbons (Fsp3) is 0.258. The molecule has 2 aliphatic rings. The first-order valence-corrected chi connectivity index (χ1v) is 13.5. The molecule has 0 bridgehead atoms. The number of ketones is 1. The van der Waals surface area contributed by atoms with Crippen LogP contribution < -0.4 is 15.2 Å². The molecule has 12 heteroatoms. The molecule has 3 heterocycles. The molecule has 0 radical (unpaired) electrons. The van der Waals surface area contributed by atoms with E-state index in [2.05, 4.69) is 10.1 Å². The average molecular weight is 595 g/mol. The molecule has 0 spiro atoms. The number of rotatable bonds is 10. The fourth-order valence-electron chi connectivity index (χ4n) is 5.11. The molecule has 0 atom stereocenters. The van der Waals surface area contributed by atoms with Crippen molar-refractivity contribution < 1.29 is 36.6 Å². The topological polar surface area (TPSA) is 101 Å². The number of pyridine rings is 1. The first-order chi connectivity index (χ1) is 20.7. The standard InChI is InChI=1S/C31H26F4N4O4/c1-16-5-28(43-30-23(32)3-2-4-24(30)33)37-12-25(16)39-31(36)22(11-38-39)29(40)21-8-18-7-20(6-17-13-41-14-17)26(10-19(18)9-21)42-15-27(34)35/h2-5,7,9-12,17,27H,6,8,13-15,36H2,1H3. The number of nitrogen functional groups attached to an aromatic ring is 1. The van der Waals surface area contributed by atoms with Crippen molar-refractivity contribution in [2.24, 2.45) is 5.92 Å². The van der Waals surface area contributed by atoms with Crippen LogP contribution in [0.4, 0.5) is 23.4 Å². The fourth-order valence-corrected chi connectivity index (χ4v) is 5.11. The summed E-state index contributed by atoms with van der Waals surface area (Å²) in [4.78, 5) is 17.7. The number of nitrogens with zero attached hydrogens (tertiary/aromatic N) is 3. The monoisotopic (exact) mass is 594 g/mol. The van der Waals surface area contributed by atoms with Crippen molar-refractivity contribution in [3.8, 4) is 23.1 Å². The predicted molar refractivity (Wildman–Crippen MR) is 149 cm³/mol. The Bertz CT molecular complexity index is 1730. The number of anilines is 1. The number of para-hydroxylation sites is 1. The van der Waals surface area contributed by atoms with Gasteiger partial charge in [0, 0.05) is 24.0 Å². The second-order valence-corrected chi connectivity index (χ2v) is 10.5. The number of hydrogen-bond donors (Lipinski definition) is 1. The van der Waals surface area contributed by atoms with Crippen LogP contribution in [0.3, 0.4) is 0 Å². The minimum Gasteiger partial charge on any atom is -0.487 e. The SMILES string of the molecule is Cc1cc(Oc2c(F)cccc2F)ncc1-n1ncc(C(=O)C2=Cc3cc(OCC(F)F)c(CC4COC4)cc3C2)c1N. The van der Waals surface area contributed by atoms with E-state index >= 15 is 0 Å². The normalized spacial score (nSPS) is 14.4. The lowest BCUT2D eigenvalue weighted by atomic mass is 9.94. The number of alkyl halides is 2. The van der Waals surface area contributed by atoms with Crippen LogP contribution in [0.5, 0.6) is 17.4 Å². The van der Waals surface area contributed by atoms with Gasteiger partial charge in [-0.1, -0.05) is 12.1 Å². The summed E-state index contributed by atoms with van der Waals surface area (Å²) in [5, 5.41) is 4.29. The van der Waals surface area contributed by atoms with Crippen LogP contribution in [-0.4, -0.2) is 46.8 Å². The van der Waals surface area contributed by atoms with Crippen molar-refractivity contribution in [3.63, 3.8) is 0 Å². The summed E-state index contributed by atoms with van der Waals surface area (Å²) in [5.74, 6) is -1.95. The summed E-state index contributed by atoms with van der Waals surface area (Å²) in [6.45, 7) is 2.19. The molecule has 0 saturated carbocycles. The van der Waals surface area contributed by atoms with Crippen LogP contribution in [0.2, 0.25) is 0 Å². The van der Waals surface area contributed by atoms with E-state index in [1.165, 1.54) is 29.2 Å². The van der Waals surface area contributed by atoms with Gasteiger partial charge in [0.05, 0.1) is 36.9 Å². The minimum absolute atomic E-state index is 0.0396. The Hall–Kier alpha value is -4.71. The quantitative estimate of drug-likeness (QED) is 0.181. The van der Waals surface area contributed by atoms with Crippen molar-refractivity contribution in [2.45, 2.75) is 26.2 Å². The summed E-state index contributed by atoms with van der Waals surface area (Å²) in [6, 6.07) is 8.46. The molecule has 6 rings (SSSR count). The van der Waals surface area contributed by atoms with E-state index in [4.69, 9.17) is 19.9 Å². The summed E-state index contributed by atoms with van der Waals surface area (Å²) < 4.78 is 71.1. The molecule has 222 valence electrons. The first kappa shape index (κ1) is 28.4. The highest BCUT2D eigenvalue weighted by Gasteiger charge is 2.27. The van der Waals surface area contributed by atoms with Crippen molar-refractivity contribution in [1.82, 2.24) is 14.8 Å². The van der Waals surface area contributed by atoms with Gasteiger partial charge in [-0.25, -0.2) is 27.2 Å². The third-order valence-electron chi connectivity index (χ3n) is 7.37. The number of benzene rings is 2. The Morgan fingerprint density at radius 2 is 1.93 bits per heavy atom. The van der Waals surface area contributed by atoms with Gasteiger partial charge >= 0.3 is 0 Å². The molecule has 2 aromatic heterocycles. The molecule has 1 saturated heterocycles. The molecule has 43 heavy (non-hydrogen) atoms. The van der Waals surface area contributed by atoms with E-state index in [9.17, 15) is 22.4 Å². The van der Waals surface area contributed by atoms with Crippen LogP contribution in [0.15, 0.2) is 54.4 Å². The van der Waals surface area contributed by atoms with Gasteiger partial charge in [0.1, 0.15) is 18.2 Å². The van der Waals surface area contributed by atoms with E-state index in [-0.39, 0.29) is 29.0 Å². The second kappa shape index (κ2) is 11.5. The summed E-state index contributed by atoms with van der Waals surface area (Å²) >= 11 is 0. The average Bonchev–Trinajstić information content (AvgIpc) is 3.54. The van der Waals surface area contributed by atoms with Gasteiger partial charge in [-0.2, -0.15) is 5.10 Å². The van der Waals surface area contributed by atoms with Gasteiger partial charge < -0.3 is 19.9 Å². The minimum atomic E-state index is -2.61. The number of aromatic nitrogens is 3. The number of carbonyl (C=O) groups is 1. The highest BCUT2D eigenvalue weighted by Crippen LogP contribution is 2.36. The number of fused-ring (bicyclic) bond motifs is 1. The van der Waals surface area contributed by atoms with Crippen LogP contribution in [0.25, 0.3) is 11.8 Å². The van der Waals surface area contributed by atoms with Crippen LogP contribution in [0, 0.1) is 24.5 Å². The van der Waals surface area contributed by atoms with Gasteiger partial charge in [0.2, 0.25) is 11.6 Å². The lowest BCUT2D eigenvalue weighted by molar-refractivity contribution is -0.0315. The van der Waals surface area contributed by atoms with E-state index in [1.54, 1.807) is 19.1 Å². The predicted octanol–water partition coefficient (Wildman–Crippen LogP) is 5.88. The van der Waals surface area contributed by atoms with Crippen molar-refractivity contribution in [3.05, 3.63) is 93.8 Å². The highest BCUT2D eigenvalue weighted by molar-refractivity contribution is 6.15. The first-order valence-electron chi connectivity index (χ1n) is 13.5. The van der Waals surface area contributed by atoms with Gasteiger partial charge in [-0.05, 0) is 59.9 Å². The molecular weight excluding hydrogens is 568 g/mol. The van der Waals surface area contributed by atoms with Gasteiger partial charge in [0.25, 0.3) is 6.43 Å². The number of ether oxygens (including phenoxy) is 3. The molecule has 0 amide bonds. The molecule has 1 fully saturated rings. The number of nitrogens with two attached hydrogens (primary N) is 1. The molecule has 4 aromatic rings. The zero-order valence-corrected chi connectivity index (χ0v) is 23.0. The number of halogens is 4. The zero-order valence-electron chi connectivity index (χ0n) is 23.0. The van der Waals surface area contributed by atoms with Crippen molar-refractivity contribution in [2.75, 3.05) is 25.6 Å². The van der Waals surface area contributed by atoms with Gasteiger partial charge in [0.15, 0.2) is 17.4 Å². The second-order valence-electron chi connectivity index (χ2n) is 10.5. The molecule has 8 nitrogen and oxygen atoms in total. The number of hydrogen-bond acceptors (Lipinski definition) is 7. The molecule has 2 aromatic carbocycles. The Morgan fingerprint density at radius 3 is 2.60 bits per heavy atom. The molecule has 2 N–H and O–H groups in total. The lowest BCUT2D eigenvalue weighted by Crippen LogP contribution is -2.29. The lowest BCUT2D eigenvalue weighted by Gasteiger charge is -2.27. The van der Waals surface area contributed by atoms with E-state index < -0.39 is 30.4 Å². The van der Waals surface area contributed by atoms with Gasteiger partial charge in [-0.3, -0.25) is 4.79 Å². The Balaban J connectivity index is 1.22. The third-order valence-corrected chi connectivity index (χ3v) is 7.37. The zero-order chi connectivity index (χ0) is 30.2. The number of allylic oxidation sites excluding steroid dienone is 1. The van der Waals surface area contributed by atoms with E-state index in [1.807, 2.05) is 6.07 Å². The van der Waals surface area contributed by atoms with Crippen LogP contribution in [-0.2, 0) is 17.6 Å².